The zero-order chi connectivity index (χ0) is 6.85. The average molecular weight is 128 g/mol. The minimum absolute atomic E-state index is 0.500. The monoisotopic (exact) mass is 128 g/mol. The van der Waals surface area contributed by atoms with Crippen molar-refractivity contribution in [3.63, 3.8) is 0 Å². The molecule has 9 heavy (non-hydrogen) atoms. The van der Waals surface area contributed by atoms with Crippen molar-refractivity contribution >= 4 is 0 Å². The maximum atomic E-state index is 5.43. The number of nitrogens with one attached hydrogen (secondary N) is 1. The van der Waals surface area contributed by atoms with Crippen molar-refractivity contribution < 1.29 is 0 Å². The van der Waals surface area contributed by atoms with Gasteiger partial charge in [0.2, 0.25) is 0 Å². The van der Waals surface area contributed by atoms with Crippen molar-refractivity contribution in [1.29, 1.82) is 0 Å². The Morgan fingerprint density at radius 1 is 1.78 bits per heavy atom. The lowest BCUT2D eigenvalue weighted by molar-refractivity contribution is 0.537. The first kappa shape index (κ1) is 7.03. The lowest BCUT2D eigenvalue weighted by Crippen LogP contribution is -2.35. The van der Waals surface area contributed by atoms with Crippen LogP contribution in [0.5, 0.6) is 0 Å². The van der Waals surface area contributed by atoms with Crippen LogP contribution in [0.15, 0.2) is 0 Å². The smallest absolute Gasteiger partial charge is 0.0164 e. The molecule has 1 saturated carbocycles. The van der Waals surface area contributed by atoms with E-state index in [9.17, 15) is 0 Å². The molecule has 3 unspecified atom stereocenters. The molecular weight excluding hydrogens is 112 g/mol. The van der Waals surface area contributed by atoms with E-state index in [0.29, 0.717) is 6.04 Å². The van der Waals surface area contributed by atoms with Gasteiger partial charge in [-0.3, -0.25) is 0 Å². The van der Waals surface area contributed by atoms with Gasteiger partial charge in [0.05, 0.1) is 0 Å². The standard InChI is InChI=1S/C7H16N2/c1-5-3-7(5)9-6(2)4-8/h5-7,9H,3-4,8H2,1-2H3. The van der Waals surface area contributed by atoms with E-state index in [1.54, 1.807) is 0 Å². The average Bonchev–Trinajstić information content (AvgIpc) is 2.47. The molecule has 0 amide bonds. The molecule has 2 nitrogen and oxygen atoms in total. The maximum absolute atomic E-state index is 5.43. The van der Waals surface area contributed by atoms with E-state index < -0.39 is 0 Å². The first-order valence-electron chi connectivity index (χ1n) is 3.70. The van der Waals surface area contributed by atoms with Crippen LogP contribution in [0, 0.1) is 5.92 Å². The molecule has 0 aromatic heterocycles. The fraction of sp³-hybridized carbons (Fsp3) is 1.00. The van der Waals surface area contributed by atoms with E-state index in [0.717, 1.165) is 18.5 Å². The molecule has 0 radical (unpaired) electrons. The van der Waals surface area contributed by atoms with E-state index in [1.807, 2.05) is 0 Å². The summed E-state index contributed by atoms with van der Waals surface area (Å²) < 4.78 is 0. The van der Waals surface area contributed by atoms with E-state index >= 15 is 0 Å². The maximum Gasteiger partial charge on any atom is 0.0164 e. The summed E-state index contributed by atoms with van der Waals surface area (Å²) in [7, 11) is 0. The van der Waals surface area contributed by atoms with Crippen molar-refractivity contribution in [1.82, 2.24) is 5.32 Å². The summed E-state index contributed by atoms with van der Waals surface area (Å²) >= 11 is 0. The van der Waals surface area contributed by atoms with Gasteiger partial charge >= 0.3 is 0 Å². The Labute approximate surface area is 56.8 Å². The van der Waals surface area contributed by atoms with Gasteiger partial charge in [0, 0.05) is 18.6 Å². The van der Waals surface area contributed by atoms with Crippen LogP contribution in [0.25, 0.3) is 0 Å². The molecule has 1 aliphatic carbocycles. The molecule has 0 aliphatic heterocycles. The summed E-state index contributed by atoms with van der Waals surface area (Å²) in [5.74, 6) is 0.888. The predicted octanol–water partition coefficient (Wildman–Crippen LogP) is 0.332. The second-order valence-electron chi connectivity index (χ2n) is 3.12. The second-order valence-corrected chi connectivity index (χ2v) is 3.12. The number of hydrogen-bond acceptors (Lipinski definition) is 2. The Bertz CT molecular complexity index is 90.9. The molecule has 0 aromatic carbocycles. The van der Waals surface area contributed by atoms with Crippen LogP contribution in [-0.4, -0.2) is 18.6 Å². The Morgan fingerprint density at radius 2 is 2.33 bits per heavy atom. The van der Waals surface area contributed by atoms with Crippen LogP contribution in [-0.2, 0) is 0 Å². The molecular formula is C7H16N2. The number of rotatable bonds is 3. The second kappa shape index (κ2) is 2.67. The van der Waals surface area contributed by atoms with Crippen molar-refractivity contribution in [2.75, 3.05) is 6.54 Å². The molecule has 1 rings (SSSR count). The minimum Gasteiger partial charge on any atom is -0.329 e. The zero-order valence-electron chi connectivity index (χ0n) is 6.22. The van der Waals surface area contributed by atoms with Crippen LogP contribution in [0.3, 0.4) is 0 Å². The van der Waals surface area contributed by atoms with Gasteiger partial charge in [-0.05, 0) is 19.3 Å². The summed E-state index contributed by atoms with van der Waals surface area (Å²) in [4.78, 5) is 0. The SMILES string of the molecule is CC(CN)NC1CC1C. The van der Waals surface area contributed by atoms with Gasteiger partial charge in [0.1, 0.15) is 0 Å². The van der Waals surface area contributed by atoms with Gasteiger partial charge in [-0.25, -0.2) is 0 Å². The van der Waals surface area contributed by atoms with Crippen LogP contribution in [0.1, 0.15) is 20.3 Å². The van der Waals surface area contributed by atoms with E-state index in [-0.39, 0.29) is 0 Å². The summed E-state index contributed by atoms with van der Waals surface area (Å²) in [6.07, 6.45) is 1.34. The van der Waals surface area contributed by atoms with Gasteiger partial charge in [-0.2, -0.15) is 0 Å². The Morgan fingerprint density at radius 3 is 2.67 bits per heavy atom. The topological polar surface area (TPSA) is 38.0 Å². The predicted molar refractivity (Wildman–Crippen MR) is 39.2 cm³/mol. The van der Waals surface area contributed by atoms with Gasteiger partial charge in [0.25, 0.3) is 0 Å². The summed E-state index contributed by atoms with van der Waals surface area (Å²) in [6, 6.07) is 1.27. The Kier molecular flexibility index (Phi) is 2.09. The van der Waals surface area contributed by atoms with E-state index in [2.05, 4.69) is 19.2 Å². The lowest BCUT2D eigenvalue weighted by Gasteiger charge is -2.09. The summed E-state index contributed by atoms with van der Waals surface area (Å²) in [5.41, 5.74) is 5.43. The van der Waals surface area contributed by atoms with Gasteiger partial charge in [-0.15, -0.1) is 0 Å². The number of hydrogen-bond donors (Lipinski definition) is 2. The first-order valence-corrected chi connectivity index (χ1v) is 3.70. The molecule has 3 atom stereocenters. The Balaban J connectivity index is 2.05. The number of nitrogens with two attached hydrogens (primary N) is 1. The zero-order valence-corrected chi connectivity index (χ0v) is 6.22. The van der Waals surface area contributed by atoms with E-state index in [4.69, 9.17) is 5.73 Å². The molecule has 0 aromatic rings. The lowest BCUT2D eigenvalue weighted by atomic mass is 10.3. The summed E-state index contributed by atoms with van der Waals surface area (Å²) in [6.45, 7) is 5.15. The highest BCUT2D eigenvalue weighted by Crippen LogP contribution is 2.29. The fourth-order valence-corrected chi connectivity index (χ4v) is 0.988. The third-order valence-corrected chi connectivity index (χ3v) is 1.96. The molecule has 0 bridgehead atoms. The molecule has 1 aliphatic rings. The largest absolute Gasteiger partial charge is 0.329 e. The molecule has 1 fully saturated rings. The quantitative estimate of drug-likeness (QED) is 0.575. The van der Waals surface area contributed by atoms with Crippen molar-refractivity contribution in [3.8, 4) is 0 Å². The van der Waals surface area contributed by atoms with Crippen LogP contribution >= 0.6 is 0 Å². The molecule has 2 heteroatoms. The van der Waals surface area contributed by atoms with Crippen molar-refractivity contribution in [3.05, 3.63) is 0 Å². The van der Waals surface area contributed by atoms with Crippen LogP contribution in [0.4, 0.5) is 0 Å². The highest BCUT2D eigenvalue weighted by molar-refractivity contribution is 4.91. The normalized spacial score (nSPS) is 36.3. The van der Waals surface area contributed by atoms with Crippen LogP contribution < -0.4 is 11.1 Å². The molecule has 0 heterocycles. The molecule has 54 valence electrons. The summed E-state index contributed by atoms with van der Waals surface area (Å²) in [5, 5.41) is 3.43. The van der Waals surface area contributed by atoms with Crippen LogP contribution in [0.2, 0.25) is 0 Å². The highest BCUT2D eigenvalue weighted by Gasteiger charge is 2.32. The minimum atomic E-state index is 0.500. The van der Waals surface area contributed by atoms with Gasteiger partial charge in [0.15, 0.2) is 0 Å². The van der Waals surface area contributed by atoms with E-state index in [1.165, 1.54) is 6.42 Å². The van der Waals surface area contributed by atoms with Crippen molar-refractivity contribution in [2.45, 2.75) is 32.4 Å². The molecule has 3 N–H and O–H groups in total. The Hall–Kier alpha value is -0.0800. The fourth-order valence-electron chi connectivity index (χ4n) is 0.988. The van der Waals surface area contributed by atoms with Gasteiger partial charge < -0.3 is 11.1 Å². The third kappa shape index (κ3) is 1.95. The third-order valence-electron chi connectivity index (χ3n) is 1.96. The van der Waals surface area contributed by atoms with Gasteiger partial charge in [-0.1, -0.05) is 6.92 Å². The first-order chi connectivity index (χ1) is 4.24. The van der Waals surface area contributed by atoms with Crippen molar-refractivity contribution in [2.24, 2.45) is 11.7 Å². The highest BCUT2D eigenvalue weighted by atomic mass is 15.0. The molecule has 0 spiro atoms. The molecule has 0 saturated heterocycles.